The van der Waals surface area contributed by atoms with Gasteiger partial charge in [-0.05, 0) is 19.1 Å². The smallest absolute Gasteiger partial charge is 0.305 e. The molecule has 0 aliphatic carbocycles. The molecule has 1 aromatic carbocycles. The summed E-state index contributed by atoms with van der Waals surface area (Å²) in [6.45, 7) is 3.61. The minimum absolute atomic E-state index is 0.00290. The molecule has 0 saturated carbocycles. The Morgan fingerprint density at radius 2 is 1.95 bits per heavy atom. The lowest BCUT2D eigenvalue weighted by molar-refractivity contribution is -0.136. The molecule has 0 fully saturated rings. The van der Waals surface area contributed by atoms with Gasteiger partial charge in [-0.1, -0.05) is 29.5 Å². The zero-order valence-electron chi connectivity index (χ0n) is 11.9. The SMILES string of the molecule is CC(=O)c1sc(N(CCC(=O)O)c2ccccc2)nc1C. The number of benzene rings is 1. The third-order valence-electron chi connectivity index (χ3n) is 2.95. The number of aromatic nitrogens is 1. The molecule has 0 unspecified atom stereocenters. The van der Waals surface area contributed by atoms with E-state index in [2.05, 4.69) is 4.98 Å². The Hall–Kier alpha value is -2.21. The average molecular weight is 304 g/mol. The quantitative estimate of drug-likeness (QED) is 0.829. The van der Waals surface area contributed by atoms with Gasteiger partial charge in [0.2, 0.25) is 0 Å². The molecule has 0 spiro atoms. The number of carbonyl (C=O) groups is 2. The van der Waals surface area contributed by atoms with Gasteiger partial charge in [-0.3, -0.25) is 9.59 Å². The number of hydrogen-bond acceptors (Lipinski definition) is 5. The minimum atomic E-state index is -0.865. The number of carbonyl (C=O) groups excluding carboxylic acids is 1. The summed E-state index contributed by atoms with van der Waals surface area (Å²) in [7, 11) is 0. The third-order valence-corrected chi connectivity index (χ3v) is 4.23. The first kappa shape index (κ1) is 15.2. The van der Waals surface area contributed by atoms with Crippen LogP contribution < -0.4 is 4.90 Å². The van der Waals surface area contributed by atoms with E-state index in [1.165, 1.54) is 18.3 Å². The number of aryl methyl sites for hydroxylation is 1. The van der Waals surface area contributed by atoms with E-state index in [1.807, 2.05) is 35.2 Å². The van der Waals surface area contributed by atoms with Crippen LogP contribution in [0.3, 0.4) is 0 Å². The molecule has 1 aromatic heterocycles. The Balaban J connectivity index is 2.37. The molecule has 6 heteroatoms. The fraction of sp³-hybridized carbons (Fsp3) is 0.267. The number of Topliss-reactive ketones (excluding diaryl/α,β-unsaturated/α-hetero) is 1. The number of rotatable bonds is 6. The Kier molecular flexibility index (Phi) is 4.70. The maximum Gasteiger partial charge on any atom is 0.305 e. The van der Waals surface area contributed by atoms with Gasteiger partial charge < -0.3 is 10.0 Å². The van der Waals surface area contributed by atoms with E-state index in [4.69, 9.17) is 5.11 Å². The average Bonchev–Trinajstić information content (AvgIpc) is 2.82. The molecular weight excluding hydrogens is 288 g/mol. The molecule has 2 aromatic rings. The molecule has 2 rings (SSSR count). The highest BCUT2D eigenvalue weighted by Crippen LogP contribution is 2.31. The summed E-state index contributed by atoms with van der Waals surface area (Å²) in [6, 6.07) is 9.45. The van der Waals surface area contributed by atoms with Crippen molar-refractivity contribution in [2.75, 3.05) is 11.4 Å². The number of carboxylic acid groups (broad SMARTS) is 1. The number of nitrogens with zero attached hydrogens (tertiary/aromatic N) is 2. The summed E-state index contributed by atoms with van der Waals surface area (Å²) in [5.74, 6) is -0.890. The van der Waals surface area contributed by atoms with Crippen LogP contribution >= 0.6 is 11.3 Å². The van der Waals surface area contributed by atoms with Crippen molar-refractivity contribution >= 4 is 33.9 Å². The summed E-state index contributed by atoms with van der Waals surface area (Å²) in [6.07, 6.45) is 0.00290. The van der Waals surface area contributed by atoms with Crippen molar-refractivity contribution in [2.45, 2.75) is 20.3 Å². The summed E-state index contributed by atoms with van der Waals surface area (Å²) in [5, 5.41) is 9.55. The Morgan fingerprint density at radius 1 is 1.29 bits per heavy atom. The molecule has 1 N–H and O–H groups in total. The lowest BCUT2D eigenvalue weighted by Crippen LogP contribution is -2.20. The highest BCUT2D eigenvalue weighted by Gasteiger charge is 2.18. The summed E-state index contributed by atoms with van der Waals surface area (Å²) in [4.78, 5) is 29.3. The highest BCUT2D eigenvalue weighted by molar-refractivity contribution is 7.17. The van der Waals surface area contributed by atoms with Crippen molar-refractivity contribution in [3.8, 4) is 0 Å². The van der Waals surface area contributed by atoms with Crippen molar-refractivity contribution < 1.29 is 14.7 Å². The molecule has 0 aliphatic rings. The van der Waals surface area contributed by atoms with Crippen LogP contribution in [-0.2, 0) is 4.79 Å². The van der Waals surface area contributed by atoms with Crippen LogP contribution in [0.15, 0.2) is 30.3 Å². The minimum Gasteiger partial charge on any atom is -0.481 e. The molecule has 5 nitrogen and oxygen atoms in total. The van der Waals surface area contributed by atoms with Gasteiger partial charge >= 0.3 is 5.97 Å². The van der Waals surface area contributed by atoms with E-state index in [0.717, 1.165) is 5.69 Å². The van der Waals surface area contributed by atoms with Crippen LogP contribution in [0.2, 0.25) is 0 Å². The molecule has 0 saturated heterocycles. The molecular formula is C15H16N2O3S. The van der Waals surface area contributed by atoms with E-state index in [1.54, 1.807) is 6.92 Å². The van der Waals surface area contributed by atoms with E-state index in [-0.39, 0.29) is 12.2 Å². The number of hydrogen-bond donors (Lipinski definition) is 1. The van der Waals surface area contributed by atoms with Gasteiger partial charge in [-0.2, -0.15) is 0 Å². The second-order valence-electron chi connectivity index (χ2n) is 4.60. The van der Waals surface area contributed by atoms with E-state index in [0.29, 0.717) is 22.2 Å². The van der Waals surface area contributed by atoms with E-state index >= 15 is 0 Å². The lowest BCUT2D eigenvalue weighted by Gasteiger charge is -2.21. The van der Waals surface area contributed by atoms with Crippen LogP contribution in [0.25, 0.3) is 0 Å². The van der Waals surface area contributed by atoms with Crippen molar-refractivity contribution in [1.82, 2.24) is 4.98 Å². The van der Waals surface area contributed by atoms with Gasteiger partial charge in [0.05, 0.1) is 17.0 Å². The van der Waals surface area contributed by atoms with Crippen LogP contribution in [0, 0.1) is 6.92 Å². The summed E-state index contributed by atoms with van der Waals surface area (Å²) < 4.78 is 0. The molecule has 0 atom stereocenters. The zero-order valence-corrected chi connectivity index (χ0v) is 12.7. The Labute approximate surface area is 126 Å². The normalized spacial score (nSPS) is 10.4. The molecule has 0 bridgehead atoms. The van der Waals surface area contributed by atoms with Crippen LogP contribution in [-0.4, -0.2) is 28.4 Å². The Bertz CT molecular complexity index is 652. The van der Waals surface area contributed by atoms with E-state index in [9.17, 15) is 9.59 Å². The van der Waals surface area contributed by atoms with Crippen LogP contribution in [0.5, 0.6) is 0 Å². The first-order valence-electron chi connectivity index (χ1n) is 6.51. The topological polar surface area (TPSA) is 70.5 Å². The maximum atomic E-state index is 11.6. The Morgan fingerprint density at radius 3 is 2.48 bits per heavy atom. The van der Waals surface area contributed by atoms with Gasteiger partial charge in [-0.15, -0.1) is 0 Å². The second kappa shape index (κ2) is 6.49. The number of anilines is 2. The maximum absolute atomic E-state index is 11.6. The molecule has 21 heavy (non-hydrogen) atoms. The van der Waals surface area contributed by atoms with Gasteiger partial charge in [0.15, 0.2) is 10.9 Å². The van der Waals surface area contributed by atoms with Crippen molar-refractivity contribution in [2.24, 2.45) is 0 Å². The molecule has 110 valence electrons. The molecule has 1 heterocycles. The number of carboxylic acids is 1. The van der Waals surface area contributed by atoms with Gasteiger partial charge in [0.25, 0.3) is 0 Å². The second-order valence-corrected chi connectivity index (χ2v) is 5.58. The van der Waals surface area contributed by atoms with Gasteiger partial charge in [0.1, 0.15) is 0 Å². The fourth-order valence-corrected chi connectivity index (χ4v) is 2.98. The standard InChI is InChI=1S/C15H16N2O3S/c1-10-14(11(2)18)21-15(16-10)17(9-8-13(19)20)12-6-4-3-5-7-12/h3-7H,8-9H2,1-2H3,(H,19,20). The van der Waals surface area contributed by atoms with Crippen molar-refractivity contribution in [1.29, 1.82) is 0 Å². The number of para-hydroxylation sites is 1. The largest absolute Gasteiger partial charge is 0.481 e. The molecule has 0 amide bonds. The summed E-state index contributed by atoms with van der Waals surface area (Å²) in [5.41, 5.74) is 1.54. The van der Waals surface area contributed by atoms with Gasteiger partial charge in [0, 0.05) is 19.2 Å². The molecule has 0 aliphatic heterocycles. The van der Waals surface area contributed by atoms with Crippen LogP contribution in [0.1, 0.15) is 28.7 Å². The lowest BCUT2D eigenvalue weighted by atomic mass is 10.3. The fourth-order valence-electron chi connectivity index (χ4n) is 1.97. The first-order chi connectivity index (χ1) is 9.99. The third kappa shape index (κ3) is 3.66. The van der Waals surface area contributed by atoms with Crippen molar-refractivity contribution in [3.63, 3.8) is 0 Å². The number of ketones is 1. The number of aliphatic carboxylic acids is 1. The van der Waals surface area contributed by atoms with Crippen LogP contribution in [0.4, 0.5) is 10.8 Å². The van der Waals surface area contributed by atoms with E-state index < -0.39 is 5.97 Å². The van der Waals surface area contributed by atoms with Crippen molar-refractivity contribution in [3.05, 3.63) is 40.9 Å². The molecule has 0 radical (unpaired) electrons. The van der Waals surface area contributed by atoms with Gasteiger partial charge in [-0.25, -0.2) is 4.98 Å². The predicted molar refractivity (Wildman–Crippen MR) is 82.6 cm³/mol. The first-order valence-corrected chi connectivity index (χ1v) is 7.33. The highest BCUT2D eigenvalue weighted by atomic mass is 32.1. The number of thiazole rings is 1. The zero-order chi connectivity index (χ0) is 15.4. The summed E-state index contributed by atoms with van der Waals surface area (Å²) >= 11 is 1.29. The predicted octanol–water partition coefficient (Wildman–Crippen LogP) is 3.27. The monoisotopic (exact) mass is 304 g/mol.